The second-order valence-electron chi connectivity index (χ2n) is 4.90. The quantitative estimate of drug-likeness (QED) is 0.746. The van der Waals surface area contributed by atoms with Crippen molar-refractivity contribution in [2.75, 3.05) is 5.32 Å². The molecule has 0 saturated carbocycles. The molecule has 6 heteroatoms. The highest BCUT2D eigenvalue weighted by molar-refractivity contribution is 7.14. The largest absolute Gasteiger partial charge is 0.326 e. The fourth-order valence-electron chi connectivity index (χ4n) is 2.09. The summed E-state index contributed by atoms with van der Waals surface area (Å²) < 4.78 is 0. The van der Waals surface area contributed by atoms with E-state index < -0.39 is 0 Å². The number of anilines is 1. The van der Waals surface area contributed by atoms with E-state index in [1.54, 1.807) is 12.1 Å². The van der Waals surface area contributed by atoms with E-state index in [0.29, 0.717) is 22.3 Å². The van der Waals surface area contributed by atoms with E-state index in [4.69, 9.17) is 17.3 Å². The average molecular weight is 344 g/mol. The second kappa shape index (κ2) is 6.91. The van der Waals surface area contributed by atoms with Gasteiger partial charge in [0.05, 0.1) is 5.69 Å². The third-order valence-electron chi connectivity index (χ3n) is 3.29. The number of rotatable bonds is 4. The molecular weight excluding hydrogens is 330 g/mol. The molecule has 4 nitrogen and oxygen atoms in total. The predicted octanol–water partition coefficient (Wildman–Crippen LogP) is 4.17. The maximum absolute atomic E-state index is 12.3. The number of thiazole rings is 1. The Kier molecular flexibility index (Phi) is 4.71. The molecule has 1 aromatic heterocycles. The lowest BCUT2D eigenvalue weighted by Gasteiger charge is -2.03. The maximum Gasteiger partial charge on any atom is 0.257 e. The van der Waals surface area contributed by atoms with Crippen molar-refractivity contribution >= 4 is 34.0 Å². The number of aromatic nitrogens is 1. The van der Waals surface area contributed by atoms with Gasteiger partial charge in [-0.25, -0.2) is 4.98 Å². The van der Waals surface area contributed by atoms with Gasteiger partial charge in [0.2, 0.25) is 0 Å². The number of carbonyl (C=O) groups is 1. The number of benzene rings is 2. The molecule has 0 bridgehead atoms. The van der Waals surface area contributed by atoms with Gasteiger partial charge >= 0.3 is 0 Å². The molecule has 1 heterocycles. The van der Waals surface area contributed by atoms with Crippen LogP contribution in [0.3, 0.4) is 0 Å². The Hall–Kier alpha value is -2.21. The van der Waals surface area contributed by atoms with Gasteiger partial charge in [0.15, 0.2) is 5.13 Å². The lowest BCUT2D eigenvalue weighted by atomic mass is 10.1. The topological polar surface area (TPSA) is 68.0 Å². The Morgan fingerprint density at radius 1 is 1.22 bits per heavy atom. The first-order chi connectivity index (χ1) is 11.2. The van der Waals surface area contributed by atoms with Gasteiger partial charge in [-0.2, -0.15) is 0 Å². The van der Waals surface area contributed by atoms with E-state index >= 15 is 0 Å². The minimum Gasteiger partial charge on any atom is -0.326 e. The van der Waals surface area contributed by atoms with Crippen LogP contribution in [0, 0.1) is 0 Å². The van der Waals surface area contributed by atoms with Gasteiger partial charge in [-0.1, -0.05) is 35.9 Å². The van der Waals surface area contributed by atoms with Crippen LogP contribution in [-0.2, 0) is 6.54 Å². The van der Waals surface area contributed by atoms with Gasteiger partial charge in [0.1, 0.15) is 0 Å². The van der Waals surface area contributed by atoms with Crippen LogP contribution in [0.25, 0.3) is 11.3 Å². The lowest BCUT2D eigenvalue weighted by molar-refractivity contribution is 0.102. The summed E-state index contributed by atoms with van der Waals surface area (Å²) in [7, 11) is 0. The third kappa shape index (κ3) is 3.76. The van der Waals surface area contributed by atoms with Crippen LogP contribution in [0.1, 0.15) is 15.9 Å². The third-order valence-corrected chi connectivity index (χ3v) is 4.30. The molecule has 0 radical (unpaired) electrons. The number of nitrogens with zero attached hydrogens (tertiary/aromatic N) is 1. The molecule has 0 unspecified atom stereocenters. The van der Waals surface area contributed by atoms with E-state index in [0.717, 1.165) is 16.8 Å². The van der Waals surface area contributed by atoms with E-state index in [-0.39, 0.29) is 5.91 Å². The van der Waals surface area contributed by atoms with Gasteiger partial charge in [-0.15, -0.1) is 11.3 Å². The summed E-state index contributed by atoms with van der Waals surface area (Å²) in [4.78, 5) is 16.7. The zero-order chi connectivity index (χ0) is 16.2. The standard InChI is InChI=1S/C17H14ClN3OS/c18-14-6-4-12(5-7-14)15-10-23-17(20-15)21-16(22)13-3-1-2-11(8-13)9-19/h1-8,10H,9,19H2,(H,20,21,22). The summed E-state index contributed by atoms with van der Waals surface area (Å²) in [6.45, 7) is 0.402. The van der Waals surface area contributed by atoms with Crippen molar-refractivity contribution in [3.05, 3.63) is 70.1 Å². The lowest BCUT2D eigenvalue weighted by Crippen LogP contribution is -2.12. The van der Waals surface area contributed by atoms with Crippen LogP contribution >= 0.6 is 22.9 Å². The smallest absolute Gasteiger partial charge is 0.257 e. The zero-order valence-electron chi connectivity index (χ0n) is 12.1. The Labute approximate surface area is 142 Å². The molecule has 3 rings (SSSR count). The monoisotopic (exact) mass is 343 g/mol. The molecule has 1 amide bonds. The zero-order valence-corrected chi connectivity index (χ0v) is 13.7. The maximum atomic E-state index is 12.3. The highest BCUT2D eigenvalue weighted by Gasteiger charge is 2.10. The second-order valence-corrected chi connectivity index (χ2v) is 6.20. The van der Waals surface area contributed by atoms with Crippen LogP contribution < -0.4 is 11.1 Å². The first-order valence-electron chi connectivity index (χ1n) is 6.97. The number of halogens is 1. The molecule has 0 aliphatic rings. The molecule has 0 aliphatic heterocycles. The highest BCUT2D eigenvalue weighted by atomic mass is 35.5. The Morgan fingerprint density at radius 3 is 2.74 bits per heavy atom. The van der Waals surface area contributed by atoms with E-state index in [2.05, 4.69) is 10.3 Å². The first kappa shape index (κ1) is 15.7. The molecule has 116 valence electrons. The minimum absolute atomic E-state index is 0.197. The fraction of sp³-hybridized carbons (Fsp3) is 0.0588. The van der Waals surface area contributed by atoms with Crippen LogP contribution in [0.2, 0.25) is 5.02 Å². The van der Waals surface area contributed by atoms with Crippen molar-refractivity contribution in [1.29, 1.82) is 0 Å². The van der Waals surface area contributed by atoms with E-state index in [1.807, 2.05) is 41.8 Å². The van der Waals surface area contributed by atoms with Crippen molar-refractivity contribution in [2.24, 2.45) is 5.73 Å². The van der Waals surface area contributed by atoms with Gasteiger partial charge in [0.25, 0.3) is 5.91 Å². The normalized spacial score (nSPS) is 10.5. The van der Waals surface area contributed by atoms with Gasteiger partial charge in [-0.3, -0.25) is 10.1 Å². The number of nitrogens with one attached hydrogen (secondary N) is 1. The number of amides is 1. The van der Waals surface area contributed by atoms with Crippen LogP contribution in [0.15, 0.2) is 53.9 Å². The molecule has 0 fully saturated rings. The van der Waals surface area contributed by atoms with Gasteiger partial charge in [0, 0.05) is 28.1 Å². The summed E-state index contributed by atoms with van der Waals surface area (Å²) >= 11 is 7.26. The fourth-order valence-corrected chi connectivity index (χ4v) is 2.93. The number of carbonyl (C=O) groups excluding carboxylic acids is 1. The Balaban J connectivity index is 1.75. The molecule has 0 saturated heterocycles. The van der Waals surface area contributed by atoms with E-state index in [9.17, 15) is 4.79 Å². The van der Waals surface area contributed by atoms with Gasteiger partial charge in [-0.05, 0) is 29.8 Å². The predicted molar refractivity (Wildman–Crippen MR) is 94.8 cm³/mol. The summed E-state index contributed by atoms with van der Waals surface area (Å²) in [6.07, 6.45) is 0. The summed E-state index contributed by atoms with van der Waals surface area (Å²) in [6, 6.07) is 14.7. The van der Waals surface area contributed by atoms with Crippen molar-refractivity contribution in [2.45, 2.75) is 6.54 Å². The van der Waals surface area contributed by atoms with Crippen molar-refractivity contribution in [3.63, 3.8) is 0 Å². The molecule has 0 spiro atoms. The number of hydrogen-bond donors (Lipinski definition) is 2. The molecule has 3 aromatic rings. The average Bonchev–Trinajstić information content (AvgIpc) is 3.04. The molecule has 0 atom stereocenters. The van der Waals surface area contributed by atoms with Crippen molar-refractivity contribution in [3.8, 4) is 11.3 Å². The Bertz CT molecular complexity index is 830. The SMILES string of the molecule is NCc1cccc(C(=O)Nc2nc(-c3ccc(Cl)cc3)cs2)c1. The minimum atomic E-state index is -0.197. The summed E-state index contributed by atoms with van der Waals surface area (Å²) in [5, 5.41) is 5.94. The molecule has 2 aromatic carbocycles. The van der Waals surface area contributed by atoms with Crippen LogP contribution in [-0.4, -0.2) is 10.9 Å². The van der Waals surface area contributed by atoms with Crippen LogP contribution in [0.5, 0.6) is 0 Å². The first-order valence-corrected chi connectivity index (χ1v) is 8.23. The molecular formula is C17H14ClN3OS. The molecule has 23 heavy (non-hydrogen) atoms. The summed E-state index contributed by atoms with van der Waals surface area (Å²) in [5.74, 6) is -0.197. The molecule has 0 aliphatic carbocycles. The summed E-state index contributed by atoms with van der Waals surface area (Å²) in [5.41, 5.74) is 8.84. The van der Waals surface area contributed by atoms with Crippen LogP contribution in [0.4, 0.5) is 5.13 Å². The molecule has 3 N–H and O–H groups in total. The van der Waals surface area contributed by atoms with E-state index in [1.165, 1.54) is 11.3 Å². The van der Waals surface area contributed by atoms with Gasteiger partial charge < -0.3 is 5.73 Å². The number of nitrogens with two attached hydrogens (primary N) is 1. The van der Waals surface area contributed by atoms with Crippen molar-refractivity contribution in [1.82, 2.24) is 4.98 Å². The Morgan fingerprint density at radius 2 is 2.00 bits per heavy atom. The van der Waals surface area contributed by atoms with Crippen molar-refractivity contribution < 1.29 is 4.79 Å². The number of hydrogen-bond acceptors (Lipinski definition) is 4. The highest BCUT2D eigenvalue weighted by Crippen LogP contribution is 2.26.